The SMILES string of the molecule is O=c1cc(-c2ccc(OCCOCCNCCOCCOc3ccc(-c4cc(=O)c5cc(F)ccc5o4)cc3)cc2)oc2ccc(F)cc12. The van der Waals surface area contributed by atoms with E-state index in [0.717, 1.165) is 0 Å². The van der Waals surface area contributed by atoms with E-state index in [2.05, 4.69) is 5.32 Å². The lowest BCUT2D eigenvalue weighted by Gasteiger charge is -2.10. The lowest BCUT2D eigenvalue weighted by Crippen LogP contribution is -2.25. The van der Waals surface area contributed by atoms with Crippen molar-refractivity contribution >= 4 is 21.9 Å². The number of halogens is 2. The van der Waals surface area contributed by atoms with Gasteiger partial charge in [0.15, 0.2) is 10.9 Å². The minimum Gasteiger partial charge on any atom is -0.491 e. The largest absolute Gasteiger partial charge is 0.491 e. The smallest absolute Gasteiger partial charge is 0.193 e. The van der Waals surface area contributed by atoms with E-state index in [1.54, 1.807) is 48.5 Å². The summed E-state index contributed by atoms with van der Waals surface area (Å²) in [7, 11) is 0. The molecule has 0 saturated carbocycles. The average molecular weight is 670 g/mol. The molecule has 49 heavy (non-hydrogen) atoms. The van der Waals surface area contributed by atoms with E-state index < -0.39 is 11.6 Å². The lowest BCUT2D eigenvalue weighted by atomic mass is 10.1. The molecular weight excluding hydrogens is 636 g/mol. The summed E-state index contributed by atoms with van der Waals surface area (Å²) in [5, 5.41) is 3.66. The van der Waals surface area contributed by atoms with Crippen LogP contribution in [0.3, 0.4) is 0 Å². The third-order valence-electron chi connectivity index (χ3n) is 7.50. The number of hydrogen-bond acceptors (Lipinski definition) is 9. The summed E-state index contributed by atoms with van der Waals surface area (Å²) in [5.41, 5.74) is 1.46. The third-order valence-corrected chi connectivity index (χ3v) is 7.50. The summed E-state index contributed by atoms with van der Waals surface area (Å²) in [6.45, 7) is 3.98. The van der Waals surface area contributed by atoms with Gasteiger partial charge in [-0.2, -0.15) is 0 Å². The van der Waals surface area contributed by atoms with Gasteiger partial charge in [0.2, 0.25) is 0 Å². The van der Waals surface area contributed by atoms with Gasteiger partial charge in [0, 0.05) is 36.3 Å². The summed E-state index contributed by atoms with van der Waals surface area (Å²) >= 11 is 0. The quantitative estimate of drug-likeness (QED) is 0.114. The zero-order valence-corrected chi connectivity index (χ0v) is 26.4. The maximum Gasteiger partial charge on any atom is 0.193 e. The summed E-state index contributed by atoms with van der Waals surface area (Å²) < 4.78 is 61.1. The highest BCUT2D eigenvalue weighted by atomic mass is 19.1. The van der Waals surface area contributed by atoms with Gasteiger partial charge in [0.05, 0.1) is 37.2 Å². The van der Waals surface area contributed by atoms with Crippen molar-refractivity contribution in [3.8, 4) is 34.1 Å². The van der Waals surface area contributed by atoms with Crippen LogP contribution < -0.4 is 25.6 Å². The molecule has 0 aliphatic rings. The predicted molar refractivity (Wildman–Crippen MR) is 181 cm³/mol. The molecule has 6 rings (SSSR count). The summed E-state index contributed by atoms with van der Waals surface area (Å²) in [4.78, 5) is 24.7. The average Bonchev–Trinajstić information content (AvgIpc) is 3.11. The standard InChI is InChI=1S/C38H33F2NO8/c39-27-5-11-35-31(21-27)33(42)23-37(48-35)25-1-7-29(8-2-25)46-19-17-44-15-13-41-14-16-45-18-20-47-30-9-3-26(4-10-30)38-24-34(43)32-22-28(40)6-12-36(32)49-38/h1-12,21-24,41H,13-20H2. The van der Waals surface area contributed by atoms with Gasteiger partial charge in [0.25, 0.3) is 0 Å². The van der Waals surface area contributed by atoms with Crippen LogP contribution in [0.2, 0.25) is 0 Å². The van der Waals surface area contributed by atoms with E-state index in [-0.39, 0.29) is 21.6 Å². The van der Waals surface area contributed by atoms with Gasteiger partial charge in [-0.05, 0) is 84.9 Å². The van der Waals surface area contributed by atoms with Crippen LogP contribution in [-0.2, 0) is 9.47 Å². The molecule has 0 aliphatic carbocycles. The zero-order valence-electron chi connectivity index (χ0n) is 26.4. The number of fused-ring (bicyclic) bond motifs is 2. The van der Waals surface area contributed by atoms with Crippen LogP contribution >= 0.6 is 0 Å². The molecule has 2 heterocycles. The number of rotatable bonds is 16. The van der Waals surface area contributed by atoms with E-state index in [1.165, 1.54) is 48.5 Å². The Balaban J connectivity index is 0.799. The summed E-state index contributed by atoms with van der Waals surface area (Å²) in [5.74, 6) is 1.13. The second-order valence-electron chi connectivity index (χ2n) is 11.0. The minimum absolute atomic E-state index is 0.203. The van der Waals surface area contributed by atoms with Crippen molar-refractivity contribution < 1.29 is 36.6 Å². The van der Waals surface area contributed by atoms with E-state index in [9.17, 15) is 18.4 Å². The molecule has 4 aromatic carbocycles. The first-order chi connectivity index (χ1) is 23.9. The number of hydrogen-bond donors (Lipinski definition) is 1. The fourth-order valence-electron chi connectivity index (χ4n) is 5.03. The Morgan fingerprint density at radius 2 is 0.939 bits per heavy atom. The van der Waals surface area contributed by atoms with E-state index in [4.69, 9.17) is 27.8 Å². The van der Waals surface area contributed by atoms with Crippen LogP contribution in [0.5, 0.6) is 11.5 Å². The Bertz CT molecular complexity index is 1980. The molecular formula is C38H33F2NO8. The molecule has 0 aliphatic heterocycles. The minimum atomic E-state index is -0.486. The van der Waals surface area contributed by atoms with Gasteiger partial charge >= 0.3 is 0 Å². The van der Waals surface area contributed by atoms with Gasteiger partial charge in [-0.3, -0.25) is 9.59 Å². The van der Waals surface area contributed by atoms with Crippen molar-refractivity contribution in [2.75, 3.05) is 52.7 Å². The normalized spacial score (nSPS) is 11.3. The molecule has 11 heteroatoms. The van der Waals surface area contributed by atoms with Crippen molar-refractivity contribution in [1.82, 2.24) is 5.32 Å². The van der Waals surface area contributed by atoms with Crippen molar-refractivity contribution in [3.63, 3.8) is 0 Å². The highest BCUT2D eigenvalue weighted by Crippen LogP contribution is 2.26. The van der Waals surface area contributed by atoms with E-state index in [0.29, 0.717) is 98.0 Å². The molecule has 0 spiro atoms. The van der Waals surface area contributed by atoms with Gasteiger partial charge < -0.3 is 33.1 Å². The third kappa shape index (κ3) is 8.96. The van der Waals surface area contributed by atoms with Gasteiger partial charge in [-0.15, -0.1) is 0 Å². The maximum absolute atomic E-state index is 13.4. The highest BCUT2D eigenvalue weighted by molar-refractivity contribution is 5.79. The van der Waals surface area contributed by atoms with E-state index in [1.807, 2.05) is 0 Å². The molecule has 9 nitrogen and oxygen atoms in total. The fourth-order valence-corrected chi connectivity index (χ4v) is 5.03. The number of nitrogens with one attached hydrogen (secondary N) is 1. The molecule has 1 N–H and O–H groups in total. The topological polar surface area (TPSA) is 109 Å². The Kier molecular flexibility index (Phi) is 11.1. The number of ether oxygens (including phenoxy) is 4. The Morgan fingerprint density at radius 1 is 0.510 bits per heavy atom. The molecule has 6 aromatic rings. The van der Waals surface area contributed by atoms with Crippen molar-refractivity contribution in [2.24, 2.45) is 0 Å². The van der Waals surface area contributed by atoms with Crippen LogP contribution in [0.4, 0.5) is 8.78 Å². The van der Waals surface area contributed by atoms with E-state index >= 15 is 0 Å². The molecule has 0 unspecified atom stereocenters. The molecule has 0 saturated heterocycles. The number of benzene rings is 4. The monoisotopic (exact) mass is 669 g/mol. The van der Waals surface area contributed by atoms with Gasteiger partial charge in [-0.25, -0.2) is 8.78 Å². The van der Waals surface area contributed by atoms with Crippen LogP contribution in [0.1, 0.15) is 0 Å². The molecule has 252 valence electrons. The van der Waals surface area contributed by atoms with Crippen molar-refractivity contribution in [2.45, 2.75) is 0 Å². The fraction of sp³-hybridized carbons (Fsp3) is 0.211. The first kappa shape index (κ1) is 33.5. The zero-order chi connectivity index (χ0) is 34.0. The molecule has 0 amide bonds. The second kappa shape index (κ2) is 16.2. The maximum atomic E-state index is 13.4. The molecule has 0 fully saturated rings. The summed E-state index contributed by atoms with van der Waals surface area (Å²) in [6, 6.07) is 24.8. The highest BCUT2D eigenvalue weighted by Gasteiger charge is 2.10. The first-order valence-electron chi connectivity index (χ1n) is 15.7. The predicted octanol–water partition coefficient (Wildman–Crippen LogP) is 6.59. The van der Waals surface area contributed by atoms with Crippen molar-refractivity contribution in [1.29, 1.82) is 0 Å². The second-order valence-corrected chi connectivity index (χ2v) is 11.0. The Hall–Kier alpha value is -5.36. The van der Waals surface area contributed by atoms with Crippen molar-refractivity contribution in [3.05, 3.63) is 129 Å². The van der Waals surface area contributed by atoms with Crippen LogP contribution in [0.15, 0.2) is 115 Å². The van der Waals surface area contributed by atoms with Gasteiger partial charge in [-0.1, -0.05) is 0 Å². The summed E-state index contributed by atoms with van der Waals surface area (Å²) in [6.07, 6.45) is 0. The van der Waals surface area contributed by atoms with Crippen LogP contribution in [0, 0.1) is 11.6 Å². The molecule has 2 aromatic heterocycles. The first-order valence-corrected chi connectivity index (χ1v) is 15.7. The molecule has 0 atom stereocenters. The Labute approximate surface area is 279 Å². The Morgan fingerprint density at radius 3 is 1.37 bits per heavy atom. The van der Waals surface area contributed by atoms with Crippen LogP contribution in [-0.4, -0.2) is 52.7 Å². The molecule has 0 bridgehead atoms. The van der Waals surface area contributed by atoms with Crippen LogP contribution in [0.25, 0.3) is 44.6 Å². The van der Waals surface area contributed by atoms with Gasteiger partial charge in [0.1, 0.15) is 59.0 Å². The molecule has 0 radical (unpaired) electrons. The lowest BCUT2D eigenvalue weighted by molar-refractivity contribution is 0.0906.